The van der Waals surface area contributed by atoms with Crippen molar-refractivity contribution in [2.45, 2.75) is 0 Å². The Kier molecular flexibility index (Phi) is 2.57. The van der Waals surface area contributed by atoms with Crippen molar-refractivity contribution in [3.63, 3.8) is 0 Å². The first-order valence-electron chi connectivity index (χ1n) is 6.87. The minimum Gasteiger partial charge on any atom is -0.506 e. The molecule has 0 unspecified atom stereocenters. The second kappa shape index (κ2) is 4.56. The number of benzene rings is 3. The summed E-state index contributed by atoms with van der Waals surface area (Å²) in [4.78, 5) is 3.40. The van der Waals surface area contributed by atoms with Gasteiger partial charge in [0.15, 0.2) is 0 Å². The van der Waals surface area contributed by atoms with E-state index in [-0.39, 0.29) is 5.75 Å². The fourth-order valence-electron chi connectivity index (χ4n) is 2.66. The predicted molar refractivity (Wildman–Crippen MR) is 87.2 cm³/mol. The number of aromatic nitrogens is 1. The van der Waals surface area contributed by atoms with Crippen LogP contribution >= 0.6 is 0 Å². The molecule has 1 aromatic heterocycles. The van der Waals surface area contributed by atoms with Crippen LogP contribution < -0.4 is 5.32 Å². The van der Waals surface area contributed by atoms with Gasteiger partial charge in [0.25, 0.3) is 0 Å². The van der Waals surface area contributed by atoms with E-state index in [0.717, 1.165) is 16.7 Å². The zero-order chi connectivity index (χ0) is 14.2. The second-order valence-corrected chi connectivity index (χ2v) is 5.07. The van der Waals surface area contributed by atoms with Crippen molar-refractivity contribution in [3.05, 3.63) is 66.7 Å². The Morgan fingerprint density at radius 2 is 1.52 bits per heavy atom. The van der Waals surface area contributed by atoms with Crippen LogP contribution in [0.3, 0.4) is 0 Å². The SMILES string of the molecule is Oc1ccccc1Nc1ccc2[nH]c3ccccc3c2c1. The molecule has 0 amide bonds. The number of hydrogen-bond acceptors (Lipinski definition) is 2. The molecule has 0 saturated carbocycles. The molecule has 1 heterocycles. The first-order chi connectivity index (χ1) is 10.3. The van der Waals surface area contributed by atoms with Crippen molar-refractivity contribution < 1.29 is 5.11 Å². The number of H-pyrrole nitrogens is 1. The molecule has 0 aliphatic rings. The predicted octanol–water partition coefficient (Wildman–Crippen LogP) is 4.77. The molecule has 102 valence electrons. The molecule has 0 fully saturated rings. The van der Waals surface area contributed by atoms with E-state index in [9.17, 15) is 5.11 Å². The van der Waals surface area contributed by atoms with E-state index in [1.54, 1.807) is 6.07 Å². The molecule has 0 saturated heterocycles. The lowest BCUT2D eigenvalue weighted by molar-refractivity contribution is 0.478. The molecule has 0 bridgehead atoms. The number of anilines is 2. The Morgan fingerprint density at radius 3 is 2.43 bits per heavy atom. The minimum absolute atomic E-state index is 0.247. The third-order valence-electron chi connectivity index (χ3n) is 3.69. The average molecular weight is 274 g/mol. The van der Waals surface area contributed by atoms with E-state index in [1.807, 2.05) is 36.4 Å². The molecule has 0 radical (unpaired) electrons. The van der Waals surface area contributed by atoms with Crippen LogP contribution in [-0.2, 0) is 0 Å². The fraction of sp³-hybridized carbons (Fsp3) is 0. The number of aromatic amines is 1. The Balaban J connectivity index is 1.83. The Hall–Kier alpha value is -2.94. The summed E-state index contributed by atoms with van der Waals surface area (Å²) in [5.74, 6) is 0.247. The van der Waals surface area contributed by atoms with E-state index in [1.165, 1.54) is 10.8 Å². The summed E-state index contributed by atoms with van der Waals surface area (Å²) in [6, 6.07) is 21.6. The van der Waals surface area contributed by atoms with Gasteiger partial charge in [0.2, 0.25) is 0 Å². The lowest BCUT2D eigenvalue weighted by Crippen LogP contribution is -1.90. The Labute approximate surface area is 121 Å². The molecule has 0 spiro atoms. The molecule has 3 N–H and O–H groups in total. The highest BCUT2D eigenvalue weighted by atomic mass is 16.3. The number of aromatic hydroxyl groups is 1. The zero-order valence-electron chi connectivity index (χ0n) is 11.3. The van der Waals surface area contributed by atoms with Gasteiger partial charge in [-0.1, -0.05) is 30.3 Å². The highest BCUT2D eigenvalue weighted by molar-refractivity contribution is 6.08. The number of rotatable bonds is 2. The maximum Gasteiger partial charge on any atom is 0.139 e. The standard InChI is InChI=1S/C18H14N2O/c21-18-8-4-3-7-17(18)19-12-9-10-16-14(11-12)13-5-1-2-6-15(13)20-16/h1-11,19-21H. The van der Waals surface area contributed by atoms with Crippen LogP contribution in [0.1, 0.15) is 0 Å². The van der Waals surface area contributed by atoms with E-state index in [2.05, 4.69) is 34.6 Å². The van der Waals surface area contributed by atoms with Crippen molar-refractivity contribution in [1.29, 1.82) is 0 Å². The summed E-state index contributed by atoms with van der Waals surface area (Å²) in [7, 11) is 0. The van der Waals surface area contributed by atoms with E-state index in [4.69, 9.17) is 0 Å². The summed E-state index contributed by atoms with van der Waals surface area (Å²) in [5, 5.41) is 15.5. The van der Waals surface area contributed by atoms with Crippen LogP contribution in [0.15, 0.2) is 66.7 Å². The summed E-state index contributed by atoms with van der Waals surface area (Å²) < 4.78 is 0. The maximum atomic E-state index is 9.85. The molecule has 0 aliphatic carbocycles. The van der Waals surface area contributed by atoms with Crippen molar-refractivity contribution in [2.24, 2.45) is 0 Å². The number of hydrogen-bond donors (Lipinski definition) is 3. The van der Waals surface area contributed by atoms with Crippen LogP contribution in [0.5, 0.6) is 5.75 Å². The second-order valence-electron chi connectivity index (χ2n) is 5.07. The van der Waals surface area contributed by atoms with Gasteiger partial charge in [0.1, 0.15) is 5.75 Å². The van der Waals surface area contributed by atoms with Crippen LogP contribution in [-0.4, -0.2) is 10.1 Å². The average Bonchev–Trinajstić information content (AvgIpc) is 2.88. The maximum absolute atomic E-state index is 9.85. The van der Waals surface area contributed by atoms with Crippen LogP contribution in [0, 0.1) is 0 Å². The van der Waals surface area contributed by atoms with Gasteiger partial charge in [-0.25, -0.2) is 0 Å². The summed E-state index contributed by atoms with van der Waals surface area (Å²) in [5.41, 5.74) is 3.90. The molecular formula is C18H14N2O. The molecule has 4 rings (SSSR count). The van der Waals surface area contributed by atoms with Gasteiger partial charge in [-0.2, -0.15) is 0 Å². The van der Waals surface area contributed by atoms with Crippen LogP contribution in [0.25, 0.3) is 21.8 Å². The van der Waals surface area contributed by atoms with Crippen molar-refractivity contribution in [3.8, 4) is 5.75 Å². The highest BCUT2D eigenvalue weighted by Gasteiger charge is 2.05. The van der Waals surface area contributed by atoms with Gasteiger partial charge in [-0.3, -0.25) is 0 Å². The Bertz CT molecular complexity index is 940. The molecule has 3 aromatic carbocycles. The van der Waals surface area contributed by atoms with Crippen LogP contribution in [0.2, 0.25) is 0 Å². The molecule has 21 heavy (non-hydrogen) atoms. The number of nitrogens with one attached hydrogen (secondary N) is 2. The van der Waals surface area contributed by atoms with Gasteiger partial charge in [-0.05, 0) is 36.4 Å². The zero-order valence-corrected chi connectivity index (χ0v) is 11.3. The molecule has 3 nitrogen and oxygen atoms in total. The van der Waals surface area contributed by atoms with Crippen molar-refractivity contribution in [1.82, 2.24) is 4.98 Å². The van der Waals surface area contributed by atoms with E-state index < -0.39 is 0 Å². The smallest absolute Gasteiger partial charge is 0.139 e. The van der Waals surface area contributed by atoms with Crippen molar-refractivity contribution in [2.75, 3.05) is 5.32 Å². The van der Waals surface area contributed by atoms with E-state index >= 15 is 0 Å². The quantitative estimate of drug-likeness (QED) is 0.461. The topological polar surface area (TPSA) is 48.0 Å². The third-order valence-corrected chi connectivity index (χ3v) is 3.69. The van der Waals surface area contributed by atoms with Crippen LogP contribution in [0.4, 0.5) is 11.4 Å². The van der Waals surface area contributed by atoms with Gasteiger partial charge in [-0.15, -0.1) is 0 Å². The Morgan fingerprint density at radius 1 is 0.762 bits per heavy atom. The largest absolute Gasteiger partial charge is 0.506 e. The summed E-state index contributed by atoms with van der Waals surface area (Å²) in [6.45, 7) is 0. The normalized spacial score (nSPS) is 11.0. The first kappa shape index (κ1) is 11.9. The van der Waals surface area contributed by atoms with Gasteiger partial charge < -0.3 is 15.4 Å². The third kappa shape index (κ3) is 1.99. The lowest BCUT2D eigenvalue weighted by atomic mass is 10.1. The molecular weight excluding hydrogens is 260 g/mol. The number of phenols is 1. The summed E-state index contributed by atoms with van der Waals surface area (Å²) >= 11 is 0. The van der Waals surface area contributed by atoms with E-state index in [0.29, 0.717) is 5.69 Å². The molecule has 4 aromatic rings. The number of para-hydroxylation sites is 3. The minimum atomic E-state index is 0.247. The molecule has 3 heteroatoms. The van der Waals surface area contributed by atoms with Gasteiger partial charge >= 0.3 is 0 Å². The van der Waals surface area contributed by atoms with Crippen molar-refractivity contribution >= 4 is 33.2 Å². The highest BCUT2D eigenvalue weighted by Crippen LogP contribution is 2.31. The molecule has 0 atom stereocenters. The first-order valence-corrected chi connectivity index (χ1v) is 6.87. The summed E-state index contributed by atoms with van der Waals surface area (Å²) in [6.07, 6.45) is 0. The fourth-order valence-corrected chi connectivity index (χ4v) is 2.66. The van der Waals surface area contributed by atoms with Gasteiger partial charge in [0, 0.05) is 27.5 Å². The monoisotopic (exact) mass is 274 g/mol. The lowest BCUT2D eigenvalue weighted by Gasteiger charge is -2.08. The number of phenolic OH excluding ortho intramolecular Hbond substituents is 1. The van der Waals surface area contributed by atoms with Gasteiger partial charge in [0.05, 0.1) is 5.69 Å². The molecule has 0 aliphatic heterocycles. The number of fused-ring (bicyclic) bond motifs is 3.